The summed E-state index contributed by atoms with van der Waals surface area (Å²) in [6, 6.07) is 10.0. The van der Waals surface area contributed by atoms with E-state index in [2.05, 4.69) is 19.9 Å². The molecule has 24 heavy (non-hydrogen) atoms. The standard InChI is InChI=1S/C19H22N2O2S/c1-4-14(5-2)13-23-19(22)15(12-20)10-11-18-21(3)16-8-6-7-9-17(16)24-18/h6-11,14H,4-5,13H2,1-3H3/b15-10+,18-11-. The van der Waals surface area contributed by atoms with E-state index in [4.69, 9.17) is 4.74 Å². The molecule has 5 heteroatoms. The van der Waals surface area contributed by atoms with Gasteiger partial charge < -0.3 is 9.64 Å². The first kappa shape index (κ1) is 18.2. The fourth-order valence-corrected chi connectivity index (χ4v) is 3.42. The highest BCUT2D eigenvalue weighted by Crippen LogP contribution is 2.44. The van der Waals surface area contributed by atoms with E-state index in [1.165, 1.54) is 0 Å². The smallest absolute Gasteiger partial charge is 0.348 e. The predicted octanol–water partition coefficient (Wildman–Crippen LogP) is 4.50. The van der Waals surface area contributed by atoms with Gasteiger partial charge in [0.2, 0.25) is 0 Å². The molecule has 0 atom stereocenters. The Labute approximate surface area is 147 Å². The lowest BCUT2D eigenvalue weighted by Crippen LogP contribution is -2.14. The van der Waals surface area contributed by atoms with Crippen molar-refractivity contribution in [3.63, 3.8) is 0 Å². The topological polar surface area (TPSA) is 53.3 Å². The minimum Gasteiger partial charge on any atom is -0.461 e. The van der Waals surface area contributed by atoms with Crippen molar-refractivity contribution in [2.24, 2.45) is 5.92 Å². The minimum atomic E-state index is -0.551. The first-order chi connectivity index (χ1) is 11.6. The molecule has 0 bridgehead atoms. The van der Waals surface area contributed by atoms with Crippen LogP contribution < -0.4 is 4.90 Å². The summed E-state index contributed by atoms with van der Waals surface area (Å²) in [5.74, 6) is -0.206. The van der Waals surface area contributed by atoms with Crippen LogP contribution in [0.15, 0.2) is 51.9 Å². The van der Waals surface area contributed by atoms with Gasteiger partial charge in [-0.1, -0.05) is 50.6 Å². The molecule has 1 aliphatic rings. The summed E-state index contributed by atoms with van der Waals surface area (Å²) in [4.78, 5) is 15.3. The Morgan fingerprint density at radius 2 is 2.08 bits per heavy atom. The van der Waals surface area contributed by atoms with Crippen molar-refractivity contribution >= 4 is 23.4 Å². The highest BCUT2D eigenvalue weighted by molar-refractivity contribution is 8.03. The average molecular weight is 342 g/mol. The monoisotopic (exact) mass is 342 g/mol. The number of nitrogens with zero attached hydrogens (tertiary/aromatic N) is 2. The Balaban J connectivity index is 2.06. The number of esters is 1. The molecule has 1 aromatic rings. The maximum Gasteiger partial charge on any atom is 0.348 e. The van der Waals surface area contributed by atoms with Crippen LogP contribution >= 0.6 is 11.8 Å². The van der Waals surface area contributed by atoms with E-state index in [0.29, 0.717) is 12.5 Å². The Morgan fingerprint density at radius 3 is 2.71 bits per heavy atom. The van der Waals surface area contributed by atoms with Crippen LogP contribution in [-0.2, 0) is 9.53 Å². The second-order valence-electron chi connectivity index (χ2n) is 5.61. The molecule has 0 radical (unpaired) electrons. The van der Waals surface area contributed by atoms with E-state index >= 15 is 0 Å². The van der Waals surface area contributed by atoms with Gasteiger partial charge in [0.1, 0.15) is 11.6 Å². The van der Waals surface area contributed by atoms with Crippen LogP contribution in [0.25, 0.3) is 0 Å². The van der Waals surface area contributed by atoms with Crippen molar-refractivity contribution in [3.05, 3.63) is 47.0 Å². The first-order valence-corrected chi connectivity index (χ1v) is 8.92. The number of thioether (sulfide) groups is 1. The van der Waals surface area contributed by atoms with Crippen LogP contribution in [0.2, 0.25) is 0 Å². The van der Waals surface area contributed by atoms with Crippen molar-refractivity contribution in [1.82, 2.24) is 0 Å². The number of hydrogen-bond donors (Lipinski definition) is 0. The van der Waals surface area contributed by atoms with Crippen LogP contribution in [0.4, 0.5) is 5.69 Å². The summed E-state index contributed by atoms with van der Waals surface area (Å²) in [6.45, 7) is 4.50. The lowest BCUT2D eigenvalue weighted by molar-refractivity contribution is -0.139. The summed E-state index contributed by atoms with van der Waals surface area (Å²) in [6.07, 6.45) is 5.25. The molecule has 2 rings (SSSR count). The van der Waals surface area contributed by atoms with Gasteiger partial charge in [-0.3, -0.25) is 0 Å². The number of ether oxygens (including phenoxy) is 1. The maximum atomic E-state index is 12.1. The number of fused-ring (bicyclic) bond motifs is 1. The summed E-state index contributed by atoms with van der Waals surface area (Å²) in [5, 5.41) is 10.2. The molecule has 0 unspecified atom stereocenters. The Kier molecular flexibility index (Phi) is 6.51. The molecule has 0 fully saturated rings. The summed E-state index contributed by atoms with van der Waals surface area (Å²) in [5.41, 5.74) is 1.15. The number of rotatable bonds is 6. The SMILES string of the molecule is CCC(CC)COC(=O)/C(C#N)=C/C=C1\Sc2ccccc2N1C. The number of hydrogen-bond acceptors (Lipinski definition) is 5. The van der Waals surface area contributed by atoms with Gasteiger partial charge >= 0.3 is 5.97 Å². The molecular formula is C19H22N2O2S. The summed E-state index contributed by atoms with van der Waals surface area (Å²) < 4.78 is 5.26. The van der Waals surface area contributed by atoms with E-state index in [1.807, 2.05) is 36.2 Å². The number of allylic oxidation sites excluding steroid dienone is 2. The number of para-hydroxylation sites is 1. The van der Waals surface area contributed by atoms with Crippen LogP contribution in [0, 0.1) is 17.2 Å². The molecule has 126 valence electrons. The fourth-order valence-electron chi connectivity index (χ4n) is 2.37. The molecule has 0 aromatic heterocycles. The number of carbonyl (C=O) groups excluding carboxylic acids is 1. The molecule has 0 spiro atoms. The molecule has 4 nitrogen and oxygen atoms in total. The number of carbonyl (C=O) groups is 1. The number of benzene rings is 1. The van der Waals surface area contributed by atoms with E-state index in [1.54, 1.807) is 23.9 Å². The van der Waals surface area contributed by atoms with Crippen molar-refractivity contribution in [2.45, 2.75) is 31.6 Å². The number of anilines is 1. The largest absolute Gasteiger partial charge is 0.461 e. The van der Waals surface area contributed by atoms with Gasteiger partial charge in [-0.05, 0) is 30.2 Å². The molecule has 0 saturated carbocycles. The zero-order chi connectivity index (χ0) is 17.5. The molecule has 1 aromatic carbocycles. The lowest BCUT2D eigenvalue weighted by Gasteiger charge is -2.13. The lowest BCUT2D eigenvalue weighted by atomic mass is 10.1. The zero-order valence-electron chi connectivity index (χ0n) is 14.3. The second kappa shape index (κ2) is 8.60. The van der Waals surface area contributed by atoms with Gasteiger partial charge in [-0.25, -0.2) is 4.79 Å². The van der Waals surface area contributed by atoms with E-state index < -0.39 is 5.97 Å². The molecule has 1 aliphatic heterocycles. The molecule has 0 N–H and O–H groups in total. The van der Waals surface area contributed by atoms with Crippen LogP contribution in [0.3, 0.4) is 0 Å². The molecule has 0 amide bonds. The summed E-state index contributed by atoms with van der Waals surface area (Å²) in [7, 11) is 1.97. The molecular weight excluding hydrogens is 320 g/mol. The quantitative estimate of drug-likeness (QED) is 0.433. The van der Waals surface area contributed by atoms with Crippen molar-refractivity contribution < 1.29 is 9.53 Å². The highest BCUT2D eigenvalue weighted by atomic mass is 32.2. The van der Waals surface area contributed by atoms with Crippen LogP contribution in [0.5, 0.6) is 0 Å². The van der Waals surface area contributed by atoms with Gasteiger partial charge in [-0.2, -0.15) is 5.26 Å². The van der Waals surface area contributed by atoms with Crippen molar-refractivity contribution in [3.8, 4) is 6.07 Å². The zero-order valence-corrected chi connectivity index (χ0v) is 15.1. The Hall–Kier alpha value is -2.19. The van der Waals surface area contributed by atoms with Crippen molar-refractivity contribution in [2.75, 3.05) is 18.6 Å². The van der Waals surface area contributed by atoms with Gasteiger partial charge in [0.05, 0.1) is 17.3 Å². The molecule has 0 saturated heterocycles. The van der Waals surface area contributed by atoms with E-state index in [-0.39, 0.29) is 5.57 Å². The third-order valence-electron chi connectivity index (χ3n) is 4.11. The van der Waals surface area contributed by atoms with Crippen LogP contribution in [-0.4, -0.2) is 19.6 Å². The van der Waals surface area contributed by atoms with Gasteiger partial charge in [0, 0.05) is 11.9 Å². The van der Waals surface area contributed by atoms with Crippen molar-refractivity contribution in [1.29, 1.82) is 5.26 Å². The first-order valence-electron chi connectivity index (χ1n) is 8.10. The minimum absolute atomic E-state index is 0.0263. The highest BCUT2D eigenvalue weighted by Gasteiger charge is 2.21. The Bertz CT molecular complexity index is 700. The number of nitriles is 1. The van der Waals surface area contributed by atoms with E-state index in [9.17, 15) is 10.1 Å². The maximum absolute atomic E-state index is 12.1. The second-order valence-corrected chi connectivity index (χ2v) is 6.67. The molecule has 0 aliphatic carbocycles. The van der Waals surface area contributed by atoms with Crippen LogP contribution in [0.1, 0.15) is 26.7 Å². The average Bonchev–Trinajstić information content (AvgIpc) is 2.93. The Morgan fingerprint density at radius 1 is 1.38 bits per heavy atom. The third-order valence-corrected chi connectivity index (χ3v) is 5.29. The van der Waals surface area contributed by atoms with Gasteiger partial charge in [0.25, 0.3) is 0 Å². The summed E-state index contributed by atoms with van der Waals surface area (Å²) >= 11 is 1.61. The normalized spacial score (nSPS) is 15.5. The fraction of sp³-hybridized carbons (Fsp3) is 0.368. The predicted molar refractivity (Wildman–Crippen MR) is 97.5 cm³/mol. The third kappa shape index (κ3) is 4.21. The van der Waals surface area contributed by atoms with Gasteiger partial charge in [0.15, 0.2) is 0 Å². The van der Waals surface area contributed by atoms with E-state index in [0.717, 1.165) is 28.5 Å². The molecule has 1 heterocycles. The van der Waals surface area contributed by atoms with Gasteiger partial charge in [-0.15, -0.1) is 0 Å².